The van der Waals surface area contributed by atoms with Gasteiger partial charge in [0, 0.05) is 31.9 Å². The third-order valence-corrected chi connectivity index (χ3v) is 5.27. The van der Waals surface area contributed by atoms with E-state index in [4.69, 9.17) is 4.74 Å². The molecule has 1 atom stereocenters. The first-order chi connectivity index (χ1) is 12.2. The molecular formula is C19H24N4O2. The Morgan fingerprint density at radius 2 is 1.96 bits per heavy atom. The molecule has 2 saturated heterocycles. The molecule has 1 aromatic heterocycles. The van der Waals surface area contributed by atoms with Crippen molar-refractivity contribution in [3.8, 4) is 11.4 Å². The van der Waals surface area contributed by atoms with Crippen LogP contribution in [0.25, 0.3) is 5.69 Å². The van der Waals surface area contributed by atoms with Gasteiger partial charge >= 0.3 is 0 Å². The van der Waals surface area contributed by atoms with E-state index in [0.29, 0.717) is 11.7 Å². The maximum Gasteiger partial charge on any atom is 0.274 e. The number of piperazine rings is 1. The molecule has 2 aliphatic rings. The summed E-state index contributed by atoms with van der Waals surface area (Å²) in [6.45, 7) is 3.79. The van der Waals surface area contributed by atoms with E-state index >= 15 is 0 Å². The minimum absolute atomic E-state index is 0.0393. The summed E-state index contributed by atoms with van der Waals surface area (Å²) in [4.78, 5) is 17.3. The predicted octanol–water partition coefficient (Wildman–Crippen LogP) is 2.19. The number of aromatic nitrogens is 2. The van der Waals surface area contributed by atoms with Crippen molar-refractivity contribution in [2.24, 2.45) is 0 Å². The molecule has 0 spiro atoms. The van der Waals surface area contributed by atoms with Crippen LogP contribution in [0.2, 0.25) is 0 Å². The van der Waals surface area contributed by atoms with Crippen molar-refractivity contribution in [1.29, 1.82) is 0 Å². The van der Waals surface area contributed by atoms with Gasteiger partial charge in [-0.2, -0.15) is 5.10 Å². The lowest BCUT2D eigenvalue weighted by atomic mass is 9.99. The Bertz CT molecular complexity index is 740. The second-order valence-electron chi connectivity index (χ2n) is 6.78. The molecular weight excluding hydrogens is 316 g/mol. The first-order valence-electron chi connectivity index (χ1n) is 8.98. The number of hydrogen-bond acceptors (Lipinski definition) is 4. The molecule has 132 valence electrons. The van der Waals surface area contributed by atoms with Gasteiger partial charge in [0.15, 0.2) is 5.69 Å². The first-order valence-corrected chi connectivity index (χ1v) is 8.98. The maximum atomic E-state index is 12.8. The summed E-state index contributed by atoms with van der Waals surface area (Å²) in [5.41, 5.74) is 1.43. The number of piperidine rings is 1. The Morgan fingerprint density at radius 1 is 1.12 bits per heavy atom. The van der Waals surface area contributed by atoms with Gasteiger partial charge in [-0.05, 0) is 49.7 Å². The van der Waals surface area contributed by atoms with Crippen molar-refractivity contribution in [2.75, 3.05) is 33.3 Å². The molecule has 0 radical (unpaired) electrons. The van der Waals surface area contributed by atoms with Gasteiger partial charge in [0.05, 0.1) is 12.8 Å². The van der Waals surface area contributed by atoms with Crippen molar-refractivity contribution in [1.82, 2.24) is 19.6 Å². The van der Waals surface area contributed by atoms with Crippen LogP contribution < -0.4 is 4.74 Å². The Hall–Kier alpha value is -2.34. The molecule has 2 fully saturated rings. The zero-order valence-electron chi connectivity index (χ0n) is 14.6. The van der Waals surface area contributed by atoms with Gasteiger partial charge < -0.3 is 9.64 Å². The van der Waals surface area contributed by atoms with E-state index in [-0.39, 0.29) is 5.91 Å². The van der Waals surface area contributed by atoms with E-state index in [1.54, 1.807) is 17.9 Å². The fourth-order valence-electron chi connectivity index (χ4n) is 3.82. The molecule has 3 heterocycles. The highest BCUT2D eigenvalue weighted by atomic mass is 16.5. The van der Waals surface area contributed by atoms with Crippen molar-refractivity contribution >= 4 is 5.91 Å². The summed E-state index contributed by atoms with van der Waals surface area (Å²) in [6.07, 6.45) is 5.60. The van der Waals surface area contributed by atoms with Gasteiger partial charge in [0.1, 0.15) is 5.75 Å². The maximum absolute atomic E-state index is 12.8. The smallest absolute Gasteiger partial charge is 0.274 e. The van der Waals surface area contributed by atoms with Crippen LogP contribution in [0, 0.1) is 0 Å². The molecule has 6 heteroatoms. The fraction of sp³-hybridized carbons (Fsp3) is 0.474. The zero-order chi connectivity index (χ0) is 17.2. The number of amides is 1. The molecule has 0 N–H and O–H groups in total. The third kappa shape index (κ3) is 3.26. The molecule has 2 aliphatic heterocycles. The molecule has 1 unspecified atom stereocenters. The van der Waals surface area contributed by atoms with E-state index in [1.165, 1.54) is 25.8 Å². The van der Waals surface area contributed by atoms with E-state index in [0.717, 1.165) is 31.1 Å². The summed E-state index contributed by atoms with van der Waals surface area (Å²) in [5, 5.41) is 4.49. The molecule has 6 nitrogen and oxygen atoms in total. The molecule has 4 rings (SSSR count). The number of carbonyl (C=O) groups is 1. The number of hydrogen-bond donors (Lipinski definition) is 0. The standard InChI is InChI=1S/C19H24N4O2/c1-25-17-7-5-15(6-8-17)23-11-9-18(20-23)19(24)22-13-12-21-10-3-2-4-16(21)14-22/h5-9,11,16H,2-4,10,12-14H2,1H3. The minimum Gasteiger partial charge on any atom is -0.497 e. The van der Waals surface area contributed by atoms with Gasteiger partial charge in [0.2, 0.25) is 0 Å². The number of nitrogens with zero attached hydrogens (tertiary/aromatic N) is 4. The van der Waals surface area contributed by atoms with Crippen LogP contribution in [-0.4, -0.2) is 64.8 Å². The second-order valence-corrected chi connectivity index (χ2v) is 6.78. The van der Waals surface area contributed by atoms with E-state index in [9.17, 15) is 4.79 Å². The van der Waals surface area contributed by atoms with Crippen LogP contribution in [0.5, 0.6) is 5.75 Å². The quantitative estimate of drug-likeness (QED) is 0.859. The Morgan fingerprint density at radius 3 is 2.76 bits per heavy atom. The highest BCUT2D eigenvalue weighted by molar-refractivity contribution is 5.92. The number of rotatable bonds is 3. The Kier molecular flexibility index (Phi) is 4.44. The molecule has 1 amide bonds. The van der Waals surface area contributed by atoms with Crippen LogP contribution in [-0.2, 0) is 0 Å². The zero-order valence-corrected chi connectivity index (χ0v) is 14.6. The number of fused-ring (bicyclic) bond motifs is 1. The first kappa shape index (κ1) is 16.1. The van der Waals surface area contributed by atoms with Crippen molar-refractivity contribution in [3.63, 3.8) is 0 Å². The third-order valence-electron chi connectivity index (χ3n) is 5.27. The average molecular weight is 340 g/mol. The molecule has 0 aliphatic carbocycles. The number of benzene rings is 1. The minimum atomic E-state index is 0.0393. The van der Waals surface area contributed by atoms with E-state index in [1.807, 2.05) is 35.4 Å². The largest absolute Gasteiger partial charge is 0.497 e. The van der Waals surface area contributed by atoms with Crippen LogP contribution in [0.4, 0.5) is 0 Å². The van der Waals surface area contributed by atoms with Crippen molar-refractivity contribution < 1.29 is 9.53 Å². The van der Waals surface area contributed by atoms with Crippen LogP contribution in [0.1, 0.15) is 29.8 Å². The lowest BCUT2D eigenvalue weighted by molar-refractivity contribution is 0.0368. The second kappa shape index (κ2) is 6.88. The highest BCUT2D eigenvalue weighted by Crippen LogP contribution is 2.22. The molecule has 25 heavy (non-hydrogen) atoms. The van der Waals surface area contributed by atoms with Crippen molar-refractivity contribution in [3.05, 3.63) is 42.2 Å². The van der Waals surface area contributed by atoms with Crippen LogP contribution >= 0.6 is 0 Å². The Balaban J connectivity index is 1.46. The molecule has 1 aromatic carbocycles. The summed E-state index contributed by atoms with van der Waals surface area (Å²) in [6, 6.07) is 9.97. The lowest BCUT2D eigenvalue weighted by Crippen LogP contribution is -2.56. The monoisotopic (exact) mass is 340 g/mol. The van der Waals surface area contributed by atoms with E-state index < -0.39 is 0 Å². The normalized spacial score (nSPS) is 21.0. The van der Waals surface area contributed by atoms with Crippen LogP contribution in [0.15, 0.2) is 36.5 Å². The van der Waals surface area contributed by atoms with Gasteiger partial charge in [-0.3, -0.25) is 9.69 Å². The highest BCUT2D eigenvalue weighted by Gasteiger charge is 2.31. The van der Waals surface area contributed by atoms with Gasteiger partial charge in [-0.15, -0.1) is 0 Å². The Labute approximate surface area is 148 Å². The van der Waals surface area contributed by atoms with Gasteiger partial charge in [-0.1, -0.05) is 6.42 Å². The van der Waals surface area contributed by atoms with Crippen LogP contribution in [0.3, 0.4) is 0 Å². The number of carbonyl (C=O) groups excluding carboxylic acids is 1. The SMILES string of the molecule is COc1ccc(-n2ccc(C(=O)N3CCN4CCCCC4C3)n2)cc1. The summed E-state index contributed by atoms with van der Waals surface area (Å²) >= 11 is 0. The van der Waals surface area contributed by atoms with Gasteiger partial charge in [-0.25, -0.2) is 4.68 Å². The molecule has 0 saturated carbocycles. The topological polar surface area (TPSA) is 50.6 Å². The lowest BCUT2D eigenvalue weighted by Gasteiger charge is -2.43. The molecule has 0 bridgehead atoms. The summed E-state index contributed by atoms with van der Waals surface area (Å²) in [7, 11) is 1.64. The average Bonchev–Trinajstić information content (AvgIpc) is 3.17. The number of methoxy groups -OCH3 is 1. The summed E-state index contributed by atoms with van der Waals surface area (Å²) < 4.78 is 6.92. The van der Waals surface area contributed by atoms with E-state index in [2.05, 4.69) is 10.00 Å². The fourth-order valence-corrected chi connectivity index (χ4v) is 3.82. The van der Waals surface area contributed by atoms with Gasteiger partial charge in [0.25, 0.3) is 5.91 Å². The molecule has 2 aromatic rings. The number of ether oxygens (including phenoxy) is 1. The predicted molar refractivity (Wildman–Crippen MR) is 95.2 cm³/mol. The van der Waals surface area contributed by atoms with Crippen molar-refractivity contribution in [2.45, 2.75) is 25.3 Å². The summed E-state index contributed by atoms with van der Waals surface area (Å²) in [5.74, 6) is 0.843.